The van der Waals surface area contributed by atoms with Crippen LogP contribution in [0.2, 0.25) is 0 Å². The quantitative estimate of drug-likeness (QED) is 0.115. The molecule has 0 spiro atoms. The van der Waals surface area contributed by atoms with E-state index in [1.54, 1.807) is 12.1 Å². The van der Waals surface area contributed by atoms with Crippen LogP contribution in [-0.2, 0) is 26.4 Å². The highest BCUT2D eigenvalue weighted by molar-refractivity contribution is 7.97. The summed E-state index contributed by atoms with van der Waals surface area (Å²) in [4.78, 5) is 3.95. The summed E-state index contributed by atoms with van der Waals surface area (Å²) in [6, 6.07) is 47.3. The summed E-state index contributed by atoms with van der Waals surface area (Å²) in [7, 11) is -4.53. The number of hydrogen-bond donors (Lipinski definition) is 0. The molecule has 7 aromatic carbocycles. The number of hydrogen-bond acceptors (Lipinski definition) is 3. The van der Waals surface area contributed by atoms with Gasteiger partial charge in [0.15, 0.2) is 14.7 Å². The maximum absolute atomic E-state index is 11.4. The van der Waals surface area contributed by atoms with Crippen LogP contribution in [0.25, 0.3) is 32.3 Å². The first-order chi connectivity index (χ1) is 20.6. The molecule has 214 valence electrons. The van der Waals surface area contributed by atoms with E-state index in [4.69, 9.17) is 0 Å². The SMILES string of the molecule is CC(C)(C)c1ccc([S+](c2ccccc2)c2ccccc2)cc1.O=S(=O)([O-])c1ccc2ccc3cccc4ccc1c2c34. The van der Waals surface area contributed by atoms with Crippen molar-refractivity contribution in [3.63, 3.8) is 0 Å². The van der Waals surface area contributed by atoms with Crippen LogP contribution in [0.1, 0.15) is 26.3 Å². The first-order valence-corrected chi connectivity index (χ1v) is 16.8. The van der Waals surface area contributed by atoms with Gasteiger partial charge in [0.05, 0.1) is 15.8 Å². The first-order valence-electron chi connectivity index (χ1n) is 14.2. The molecule has 0 fully saturated rings. The van der Waals surface area contributed by atoms with Crippen LogP contribution in [0.4, 0.5) is 0 Å². The van der Waals surface area contributed by atoms with Crippen molar-refractivity contribution in [3.8, 4) is 0 Å². The second-order valence-corrected chi connectivity index (χ2v) is 15.0. The summed E-state index contributed by atoms with van der Waals surface area (Å²) < 4.78 is 34.3. The average molecular weight is 601 g/mol. The fourth-order valence-electron chi connectivity index (χ4n) is 5.54. The molecule has 0 saturated heterocycles. The van der Waals surface area contributed by atoms with Gasteiger partial charge in [0, 0.05) is 5.39 Å². The van der Waals surface area contributed by atoms with Gasteiger partial charge in [0.1, 0.15) is 10.1 Å². The zero-order chi connectivity index (χ0) is 30.2. The van der Waals surface area contributed by atoms with Crippen LogP contribution < -0.4 is 0 Å². The molecule has 7 rings (SSSR count). The molecule has 0 aliphatic carbocycles. The Kier molecular flexibility index (Phi) is 7.74. The van der Waals surface area contributed by atoms with Gasteiger partial charge in [0.25, 0.3) is 0 Å². The van der Waals surface area contributed by atoms with Crippen LogP contribution in [0.5, 0.6) is 0 Å². The third kappa shape index (κ3) is 5.89. The molecule has 0 aliphatic heterocycles. The molecular weight excluding hydrogens is 569 g/mol. The monoisotopic (exact) mass is 600 g/mol. The molecular formula is C38H32O3S2. The van der Waals surface area contributed by atoms with Gasteiger partial charge in [-0.1, -0.05) is 118 Å². The lowest BCUT2D eigenvalue weighted by molar-refractivity contribution is 0.464. The second-order valence-electron chi connectivity index (χ2n) is 11.6. The molecule has 0 saturated carbocycles. The third-order valence-electron chi connectivity index (χ3n) is 7.67. The molecule has 0 unspecified atom stereocenters. The van der Waals surface area contributed by atoms with E-state index in [0.29, 0.717) is 5.39 Å². The lowest BCUT2D eigenvalue weighted by Crippen LogP contribution is -2.11. The fraction of sp³-hybridized carbons (Fsp3) is 0.105. The number of rotatable bonds is 4. The van der Waals surface area contributed by atoms with E-state index in [9.17, 15) is 13.0 Å². The summed E-state index contributed by atoms with van der Waals surface area (Å²) in [6.45, 7) is 6.78. The fourth-order valence-corrected chi connectivity index (χ4v) is 8.30. The van der Waals surface area contributed by atoms with E-state index in [1.165, 1.54) is 26.3 Å². The molecule has 0 heterocycles. The molecule has 0 aromatic heterocycles. The van der Waals surface area contributed by atoms with Crippen molar-refractivity contribution in [2.24, 2.45) is 0 Å². The predicted octanol–water partition coefficient (Wildman–Crippen LogP) is 9.57. The summed E-state index contributed by atoms with van der Waals surface area (Å²) in [5.41, 5.74) is 1.57. The molecule has 43 heavy (non-hydrogen) atoms. The standard InChI is InChI=1S/C22H23S.C16H10O3S/c1-22(2,3)18-14-16-21(17-15-18)23(19-10-6-4-7-11-19)20-12-8-5-9-13-20;17-20(18,19)14-9-7-12-5-4-10-2-1-3-11-6-8-13(14)16(12)15(10)11/h4-17H,1-3H3;1-9H,(H,17,18,19)/q+1;/p-1. The topological polar surface area (TPSA) is 57.2 Å². The molecule has 0 radical (unpaired) electrons. The molecule has 0 amide bonds. The molecule has 7 aromatic rings. The van der Waals surface area contributed by atoms with Crippen LogP contribution in [0, 0.1) is 0 Å². The van der Waals surface area contributed by atoms with Crippen LogP contribution >= 0.6 is 0 Å². The Balaban J connectivity index is 0.000000154. The predicted molar refractivity (Wildman–Crippen MR) is 178 cm³/mol. The van der Waals surface area contributed by atoms with Gasteiger partial charge in [-0.15, -0.1) is 0 Å². The van der Waals surface area contributed by atoms with Crippen molar-refractivity contribution in [2.45, 2.75) is 45.8 Å². The Hall–Kier alpha value is -4.16. The van der Waals surface area contributed by atoms with Crippen molar-refractivity contribution >= 4 is 53.3 Å². The second kappa shape index (κ2) is 11.5. The Morgan fingerprint density at radius 3 is 1.49 bits per heavy atom. The summed E-state index contributed by atoms with van der Waals surface area (Å²) in [6.07, 6.45) is 0. The maximum Gasteiger partial charge on any atom is 0.166 e. The van der Waals surface area contributed by atoms with Crippen molar-refractivity contribution < 1.29 is 13.0 Å². The normalized spacial score (nSPS) is 12.1. The zero-order valence-corrected chi connectivity index (χ0v) is 26.0. The van der Waals surface area contributed by atoms with Gasteiger partial charge in [-0.3, -0.25) is 0 Å². The zero-order valence-electron chi connectivity index (χ0n) is 24.3. The smallest absolute Gasteiger partial charge is 0.166 e. The minimum absolute atomic E-state index is 0.0497. The van der Waals surface area contributed by atoms with E-state index in [0.717, 1.165) is 26.9 Å². The van der Waals surface area contributed by atoms with Gasteiger partial charge in [-0.2, -0.15) is 0 Å². The van der Waals surface area contributed by atoms with Crippen LogP contribution in [0.15, 0.2) is 159 Å². The number of benzene rings is 7. The van der Waals surface area contributed by atoms with E-state index in [2.05, 4.69) is 106 Å². The summed E-state index contributed by atoms with van der Waals surface area (Å²) >= 11 is 0. The Bertz CT molecular complexity index is 2060. The Labute approximate surface area is 256 Å². The molecule has 0 aliphatic rings. The van der Waals surface area contributed by atoms with Crippen LogP contribution in [-0.4, -0.2) is 13.0 Å². The van der Waals surface area contributed by atoms with E-state index < -0.39 is 10.1 Å². The highest BCUT2D eigenvalue weighted by Gasteiger charge is 2.28. The lowest BCUT2D eigenvalue weighted by Gasteiger charge is -2.19. The highest BCUT2D eigenvalue weighted by Crippen LogP contribution is 2.37. The lowest BCUT2D eigenvalue weighted by atomic mass is 9.87. The first kappa shape index (κ1) is 28.9. The van der Waals surface area contributed by atoms with E-state index in [-0.39, 0.29) is 21.2 Å². The highest BCUT2D eigenvalue weighted by atomic mass is 32.2. The maximum atomic E-state index is 11.4. The van der Waals surface area contributed by atoms with Gasteiger partial charge >= 0.3 is 0 Å². The van der Waals surface area contributed by atoms with Crippen LogP contribution in [0.3, 0.4) is 0 Å². The third-order valence-corrected chi connectivity index (χ3v) is 10.8. The minimum Gasteiger partial charge on any atom is -0.744 e. The summed E-state index contributed by atoms with van der Waals surface area (Å²) in [5, 5.41) is 5.38. The Morgan fingerprint density at radius 1 is 0.512 bits per heavy atom. The van der Waals surface area contributed by atoms with Crippen molar-refractivity contribution in [1.29, 1.82) is 0 Å². The summed E-state index contributed by atoms with van der Waals surface area (Å²) in [5.74, 6) is 0. The molecule has 0 bridgehead atoms. The average Bonchev–Trinajstić information content (AvgIpc) is 3.01. The van der Waals surface area contributed by atoms with E-state index >= 15 is 0 Å². The van der Waals surface area contributed by atoms with Gasteiger partial charge in [0.2, 0.25) is 0 Å². The molecule has 0 N–H and O–H groups in total. The molecule has 3 nitrogen and oxygen atoms in total. The van der Waals surface area contributed by atoms with Crippen molar-refractivity contribution in [2.75, 3.05) is 0 Å². The van der Waals surface area contributed by atoms with Crippen molar-refractivity contribution in [1.82, 2.24) is 0 Å². The Morgan fingerprint density at radius 2 is 0.977 bits per heavy atom. The van der Waals surface area contributed by atoms with E-state index in [1.807, 2.05) is 36.4 Å². The minimum atomic E-state index is -4.48. The van der Waals surface area contributed by atoms with Crippen molar-refractivity contribution in [3.05, 3.63) is 145 Å². The molecule has 0 atom stereocenters. The van der Waals surface area contributed by atoms with Gasteiger partial charge in [-0.05, 0) is 80.4 Å². The molecule has 5 heteroatoms. The van der Waals surface area contributed by atoms with Gasteiger partial charge < -0.3 is 4.55 Å². The largest absolute Gasteiger partial charge is 0.744 e. The van der Waals surface area contributed by atoms with Gasteiger partial charge in [-0.25, -0.2) is 8.42 Å².